The monoisotopic (exact) mass is 558 g/mol. The van der Waals surface area contributed by atoms with E-state index >= 15 is 0 Å². The number of allylic oxidation sites excluding steroid dienone is 1. The highest BCUT2D eigenvalue weighted by atomic mass is 16.7. The van der Waals surface area contributed by atoms with Crippen molar-refractivity contribution in [3.8, 4) is 0 Å². The van der Waals surface area contributed by atoms with Crippen LogP contribution in [-0.2, 0) is 23.7 Å². The third-order valence-electron chi connectivity index (χ3n) is 6.63. The van der Waals surface area contributed by atoms with Crippen molar-refractivity contribution in [3.05, 3.63) is 120 Å². The molecular formula is C33H34O8. The fraction of sp³-hybridized carbons (Fsp3) is 0.303. The summed E-state index contributed by atoms with van der Waals surface area (Å²) in [4.78, 5) is 39.7. The average Bonchev–Trinajstić information content (AvgIpc) is 3.00. The molecule has 1 heterocycles. The van der Waals surface area contributed by atoms with Crippen LogP contribution in [0.3, 0.4) is 0 Å². The van der Waals surface area contributed by atoms with Crippen molar-refractivity contribution in [2.75, 3.05) is 0 Å². The van der Waals surface area contributed by atoms with Gasteiger partial charge in [-0.05, 0) is 63.1 Å². The lowest BCUT2D eigenvalue weighted by atomic mass is 9.98. The Balaban J connectivity index is 1.69. The van der Waals surface area contributed by atoms with Gasteiger partial charge in [-0.2, -0.15) is 0 Å². The van der Waals surface area contributed by atoms with Crippen molar-refractivity contribution in [2.45, 2.75) is 63.5 Å². The molecule has 6 atom stereocenters. The quantitative estimate of drug-likeness (QED) is 0.166. The molecule has 41 heavy (non-hydrogen) atoms. The molecule has 3 aromatic carbocycles. The third-order valence-corrected chi connectivity index (χ3v) is 6.63. The predicted octanol–water partition coefficient (Wildman–Crippen LogP) is 5.78. The van der Waals surface area contributed by atoms with Crippen LogP contribution in [0.15, 0.2) is 104 Å². The Hall–Kier alpha value is -4.27. The van der Waals surface area contributed by atoms with E-state index in [4.69, 9.17) is 23.7 Å². The number of benzene rings is 3. The van der Waals surface area contributed by atoms with Crippen molar-refractivity contribution >= 4 is 17.9 Å². The van der Waals surface area contributed by atoms with E-state index in [1.165, 1.54) is 0 Å². The lowest BCUT2D eigenvalue weighted by molar-refractivity contribution is -0.300. The third kappa shape index (κ3) is 7.90. The van der Waals surface area contributed by atoms with E-state index in [0.717, 1.165) is 0 Å². The van der Waals surface area contributed by atoms with Gasteiger partial charge in [-0.25, -0.2) is 14.4 Å². The zero-order chi connectivity index (χ0) is 29.2. The van der Waals surface area contributed by atoms with Gasteiger partial charge in [0.15, 0.2) is 24.6 Å². The van der Waals surface area contributed by atoms with Gasteiger partial charge in [0, 0.05) is 0 Å². The number of rotatable bonds is 11. The van der Waals surface area contributed by atoms with Crippen LogP contribution in [0.25, 0.3) is 0 Å². The lowest BCUT2D eigenvalue weighted by Crippen LogP contribution is -2.61. The maximum absolute atomic E-state index is 13.3. The van der Waals surface area contributed by atoms with Crippen LogP contribution in [0, 0.1) is 0 Å². The maximum atomic E-state index is 13.3. The zero-order valence-electron chi connectivity index (χ0n) is 23.1. The summed E-state index contributed by atoms with van der Waals surface area (Å²) in [5.74, 6) is -1.99. The predicted molar refractivity (Wildman–Crippen MR) is 151 cm³/mol. The van der Waals surface area contributed by atoms with Gasteiger partial charge in [-0.15, -0.1) is 6.58 Å². The van der Waals surface area contributed by atoms with Gasteiger partial charge >= 0.3 is 17.9 Å². The molecule has 0 saturated carbocycles. The Morgan fingerprint density at radius 3 is 1.59 bits per heavy atom. The molecule has 1 aliphatic rings. The van der Waals surface area contributed by atoms with Crippen LogP contribution < -0.4 is 0 Å². The first-order valence-corrected chi connectivity index (χ1v) is 13.6. The van der Waals surface area contributed by atoms with Gasteiger partial charge in [-0.3, -0.25) is 0 Å². The fourth-order valence-corrected chi connectivity index (χ4v) is 4.45. The Labute approximate surface area is 239 Å². The van der Waals surface area contributed by atoms with Crippen LogP contribution in [0.4, 0.5) is 0 Å². The Morgan fingerprint density at radius 2 is 1.15 bits per heavy atom. The number of carbonyl (C=O) groups is 3. The van der Waals surface area contributed by atoms with Crippen LogP contribution in [0.1, 0.15) is 57.8 Å². The van der Waals surface area contributed by atoms with Gasteiger partial charge in [-0.1, -0.05) is 60.7 Å². The molecule has 0 aromatic heterocycles. The lowest BCUT2D eigenvalue weighted by Gasteiger charge is -2.44. The van der Waals surface area contributed by atoms with Crippen LogP contribution in [-0.4, -0.2) is 54.7 Å². The molecule has 0 bridgehead atoms. The normalized spacial score (nSPS) is 22.6. The molecule has 0 spiro atoms. The van der Waals surface area contributed by atoms with Crippen LogP contribution in [0.5, 0.6) is 0 Å². The number of hydrogen-bond acceptors (Lipinski definition) is 8. The van der Waals surface area contributed by atoms with E-state index in [2.05, 4.69) is 6.58 Å². The van der Waals surface area contributed by atoms with Gasteiger partial charge < -0.3 is 23.7 Å². The smallest absolute Gasteiger partial charge is 0.338 e. The Morgan fingerprint density at radius 1 is 0.732 bits per heavy atom. The van der Waals surface area contributed by atoms with E-state index in [1.807, 2.05) is 6.92 Å². The second kappa shape index (κ2) is 14.4. The number of esters is 3. The molecular weight excluding hydrogens is 524 g/mol. The van der Waals surface area contributed by atoms with Crippen LogP contribution >= 0.6 is 0 Å². The second-order valence-corrected chi connectivity index (χ2v) is 9.73. The van der Waals surface area contributed by atoms with Crippen molar-refractivity contribution in [2.24, 2.45) is 0 Å². The molecule has 1 saturated heterocycles. The summed E-state index contributed by atoms with van der Waals surface area (Å²) in [5.41, 5.74) is 0.877. The van der Waals surface area contributed by atoms with E-state index in [1.54, 1.807) is 104 Å². The molecule has 0 N–H and O–H groups in total. The van der Waals surface area contributed by atoms with Crippen molar-refractivity contribution in [3.63, 3.8) is 0 Å². The molecule has 0 aliphatic carbocycles. The van der Waals surface area contributed by atoms with Crippen molar-refractivity contribution in [1.82, 2.24) is 0 Å². The molecule has 3 aromatic rings. The van der Waals surface area contributed by atoms with Crippen LogP contribution in [0.2, 0.25) is 0 Å². The first-order chi connectivity index (χ1) is 19.9. The molecule has 0 radical (unpaired) electrons. The first kappa shape index (κ1) is 29.7. The molecule has 214 valence electrons. The highest BCUT2D eigenvalue weighted by molar-refractivity contribution is 5.91. The highest BCUT2D eigenvalue weighted by Crippen LogP contribution is 2.32. The minimum atomic E-state index is -1.26. The van der Waals surface area contributed by atoms with Crippen molar-refractivity contribution in [1.29, 1.82) is 0 Å². The molecule has 4 rings (SSSR count). The molecule has 1 fully saturated rings. The summed E-state index contributed by atoms with van der Waals surface area (Å²) < 4.78 is 30.1. The second-order valence-electron chi connectivity index (χ2n) is 9.73. The summed E-state index contributed by atoms with van der Waals surface area (Å²) >= 11 is 0. The summed E-state index contributed by atoms with van der Waals surface area (Å²) in [6, 6.07) is 25.2. The molecule has 0 unspecified atom stereocenters. The SMILES string of the molecule is C=CCC[C@@H](C)O[C@@H]1O[C@@H](C)[C@@H](OC(=O)c2ccccc2)[C@@H](OC(=O)c2ccccc2)[C@@H]1OC(=O)c1ccccc1. The molecule has 1 aliphatic heterocycles. The Kier molecular flexibility index (Phi) is 10.4. The van der Waals surface area contributed by atoms with E-state index in [0.29, 0.717) is 18.4 Å². The number of hydrogen-bond donors (Lipinski definition) is 0. The minimum absolute atomic E-state index is 0.282. The van der Waals surface area contributed by atoms with E-state index < -0.39 is 48.6 Å². The number of carbonyl (C=O) groups excluding carboxylic acids is 3. The molecule has 0 amide bonds. The molecule has 8 nitrogen and oxygen atoms in total. The largest absolute Gasteiger partial charge is 0.452 e. The van der Waals surface area contributed by atoms with E-state index in [-0.39, 0.29) is 17.2 Å². The fourth-order valence-electron chi connectivity index (χ4n) is 4.45. The van der Waals surface area contributed by atoms with Gasteiger partial charge in [0.05, 0.1) is 28.9 Å². The van der Waals surface area contributed by atoms with Gasteiger partial charge in [0.2, 0.25) is 0 Å². The van der Waals surface area contributed by atoms with Crippen molar-refractivity contribution < 1.29 is 38.1 Å². The Bertz CT molecular complexity index is 1290. The summed E-state index contributed by atoms with van der Waals surface area (Å²) in [5, 5.41) is 0. The summed E-state index contributed by atoms with van der Waals surface area (Å²) in [6.07, 6.45) is -2.71. The summed E-state index contributed by atoms with van der Waals surface area (Å²) in [7, 11) is 0. The topological polar surface area (TPSA) is 97.4 Å². The maximum Gasteiger partial charge on any atom is 0.338 e. The van der Waals surface area contributed by atoms with Gasteiger partial charge in [0.1, 0.15) is 0 Å². The minimum Gasteiger partial charge on any atom is -0.452 e. The van der Waals surface area contributed by atoms with E-state index in [9.17, 15) is 14.4 Å². The molecule has 8 heteroatoms. The van der Waals surface area contributed by atoms with Gasteiger partial charge in [0.25, 0.3) is 0 Å². The standard InChI is InChI=1S/C33H34O8/c1-4-5-15-22(2)37-33-29(41-32(36)26-20-13-8-14-21-26)28(40-31(35)25-18-11-7-12-19-25)27(23(3)38-33)39-30(34)24-16-9-6-10-17-24/h4,6-14,16-23,27-29,33H,1,5,15H2,2-3H3/t22-,23+,27-,28-,29+,33-/m1/s1. The highest BCUT2D eigenvalue weighted by Gasteiger charge is 2.52. The zero-order valence-corrected chi connectivity index (χ0v) is 23.1. The number of ether oxygens (including phenoxy) is 5. The summed E-state index contributed by atoms with van der Waals surface area (Å²) in [6.45, 7) is 7.30. The average molecular weight is 559 g/mol. The first-order valence-electron chi connectivity index (χ1n) is 13.6.